The Labute approximate surface area is 112 Å². The first-order valence-electron chi connectivity index (χ1n) is 5.66. The van der Waals surface area contributed by atoms with Crippen molar-refractivity contribution in [2.24, 2.45) is 0 Å². The molecule has 2 N–H and O–H groups in total. The standard InChI is InChI=1S/C11H12N4OS2/c1-6-4-12-10(18-6)15-9(16)8-5-17-11(14-8)13-7-2-3-7/h4-5,7H,2-3H2,1H3,(H,13,14)(H,12,15,16). The molecule has 5 nitrogen and oxygen atoms in total. The first-order valence-corrected chi connectivity index (χ1v) is 7.36. The molecule has 0 aliphatic heterocycles. The van der Waals surface area contributed by atoms with E-state index in [9.17, 15) is 4.79 Å². The van der Waals surface area contributed by atoms with Gasteiger partial charge in [-0.05, 0) is 19.8 Å². The summed E-state index contributed by atoms with van der Waals surface area (Å²) in [4.78, 5) is 21.3. The van der Waals surface area contributed by atoms with E-state index in [-0.39, 0.29) is 5.91 Å². The Balaban J connectivity index is 1.65. The maximum absolute atomic E-state index is 11.9. The number of hydrogen-bond acceptors (Lipinski definition) is 6. The van der Waals surface area contributed by atoms with Crippen LogP contribution in [0, 0.1) is 6.92 Å². The van der Waals surface area contributed by atoms with Crippen LogP contribution in [0.3, 0.4) is 0 Å². The molecule has 2 aromatic rings. The average molecular weight is 280 g/mol. The molecule has 7 heteroatoms. The van der Waals surface area contributed by atoms with Gasteiger partial charge >= 0.3 is 0 Å². The molecule has 0 spiro atoms. The molecule has 0 bridgehead atoms. The van der Waals surface area contributed by atoms with Gasteiger partial charge in [-0.2, -0.15) is 0 Å². The molecule has 2 heterocycles. The van der Waals surface area contributed by atoms with Crippen LogP contribution in [0.5, 0.6) is 0 Å². The van der Waals surface area contributed by atoms with Crippen molar-refractivity contribution in [3.63, 3.8) is 0 Å². The zero-order chi connectivity index (χ0) is 12.5. The zero-order valence-electron chi connectivity index (χ0n) is 9.77. The van der Waals surface area contributed by atoms with E-state index >= 15 is 0 Å². The minimum atomic E-state index is -0.204. The van der Waals surface area contributed by atoms with E-state index in [0.717, 1.165) is 10.0 Å². The minimum absolute atomic E-state index is 0.204. The molecule has 1 saturated carbocycles. The summed E-state index contributed by atoms with van der Waals surface area (Å²) in [5, 5.41) is 9.21. The normalized spacial score (nSPS) is 14.5. The average Bonchev–Trinajstić information content (AvgIpc) is 2.85. The number of carbonyl (C=O) groups excluding carboxylic acids is 1. The van der Waals surface area contributed by atoms with Crippen LogP contribution in [0.4, 0.5) is 10.3 Å². The Morgan fingerprint density at radius 1 is 1.44 bits per heavy atom. The van der Waals surface area contributed by atoms with Gasteiger partial charge in [-0.25, -0.2) is 9.97 Å². The number of nitrogens with one attached hydrogen (secondary N) is 2. The highest BCUT2D eigenvalue weighted by Crippen LogP contribution is 2.27. The molecule has 1 amide bonds. The predicted molar refractivity (Wildman–Crippen MR) is 73.6 cm³/mol. The lowest BCUT2D eigenvalue weighted by Gasteiger charge is -1.98. The number of rotatable bonds is 4. The maximum atomic E-state index is 11.9. The number of carbonyl (C=O) groups is 1. The van der Waals surface area contributed by atoms with E-state index in [2.05, 4.69) is 20.6 Å². The molecule has 1 aliphatic rings. The van der Waals surface area contributed by atoms with Gasteiger partial charge in [-0.3, -0.25) is 10.1 Å². The fourth-order valence-corrected chi connectivity index (χ4v) is 2.85. The minimum Gasteiger partial charge on any atom is -0.359 e. The molecule has 1 fully saturated rings. The van der Waals surface area contributed by atoms with E-state index in [1.165, 1.54) is 35.5 Å². The molecule has 3 rings (SSSR count). The van der Waals surface area contributed by atoms with Crippen LogP contribution < -0.4 is 10.6 Å². The largest absolute Gasteiger partial charge is 0.359 e. The zero-order valence-corrected chi connectivity index (χ0v) is 11.4. The Morgan fingerprint density at radius 2 is 2.28 bits per heavy atom. The Morgan fingerprint density at radius 3 is 2.94 bits per heavy atom. The van der Waals surface area contributed by atoms with Gasteiger partial charge < -0.3 is 5.32 Å². The second-order valence-corrected chi connectivity index (χ2v) is 6.28. The molecular weight excluding hydrogens is 268 g/mol. The highest BCUT2D eigenvalue weighted by atomic mass is 32.1. The van der Waals surface area contributed by atoms with Crippen LogP contribution >= 0.6 is 22.7 Å². The summed E-state index contributed by atoms with van der Waals surface area (Å²) in [7, 11) is 0. The fourth-order valence-electron chi connectivity index (χ4n) is 1.42. The summed E-state index contributed by atoms with van der Waals surface area (Å²) < 4.78 is 0. The van der Waals surface area contributed by atoms with Crippen LogP contribution in [0.15, 0.2) is 11.6 Å². The Hall–Kier alpha value is -1.47. The highest BCUT2D eigenvalue weighted by Gasteiger charge is 2.22. The second-order valence-electron chi connectivity index (χ2n) is 4.19. The van der Waals surface area contributed by atoms with Gasteiger partial charge in [0.1, 0.15) is 5.69 Å². The molecule has 0 aromatic carbocycles. The van der Waals surface area contributed by atoms with Crippen LogP contribution in [-0.4, -0.2) is 21.9 Å². The molecule has 94 valence electrons. The molecular formula is C11H12N4OS2. The topological polar surface area (TPSA) is 66.9 Å². The number of nitrogens with zero attached hydrogens (tertiary/aromatic N) is 2. The first-order chi connectivity index (χ1) is 8.70. The van der Waals surface area contributed by atoms with E-state index in [0.29, 0.717) is 16.9 Å². The van der Waals surface area contributed by atoms with Crippen molar-refractivity contribution in [3.05, 3.63) is 22.1 Å². The van der Waals surface area contributed by atoms with E-state index in [1.807, 2.05) is 6.92 Å². The van der Waals surface area contributed by atoms with Crippen molar-refractivity contribution in [3.8, 4) is 0 Å². The molecule has 0 radical (unpaired) electrons. The third-order valence-electron chi connectivity index (χ3n) is 2.48. The summed E-state index contributed by atoms with van der Waals surface area (Å²) >= 11 is 2.92. The summed E-state index contributed by atoms with van der Waals surface area (Å²) in [6.45, 7) is 1.95. The van der Waals surface area contributed by atoms with Gasteiger partial charge in [-0.1, -0.05) is 0 Å². The predicted octanol–water partition coefficient (Wildman–Crippen LogP) is 2.73. The maximum Gasteiger partial charge on any atom is 0.276 e. The van der Waals surface area contributed by atoms with Crippen molar-refractivity contribution < 1.29 is 4.79 Å². The van der Waals surface area contributed by atoms with Crippen LogP contribution in [-0.2, 0) is 0 Å². The highest BCUT2D eigenvalue weighted by molar-refractivity contribution is 7.15. The Bertz CT molecular complexity index is 573. The molecule has 18 heavy (non-hydrogen) atoms. The summed E-state index contributed by atoms with van der Waals surface area (Å²) in [6, 6.07) is 0.550. The quantitative estimate of drug-likeness (QED) is 0.903. The van der Waals surface area contributed by atoms with Crippen molar-refractivity contribution >= 4 is 38.8 Å². The van der Waals surface area contributed by atoms with Gasteiger partial charge in [0.05, 0.1) is 0 Å². The summed E-state index contributed by atoms with van der Waals surface area (Å²) in [5.74, 6) is -0.204. The molecule has 0 saturated heterocycles. The second kappa shape index (κ2) is 4.66. The number of aryl methyl sites for hydroxylation is 1. The third kappa shape index (κ3) is 2.68. The lowest BCUT2D eigenvalue weighted by molar-refractivity contribution is 0.102. The number of aromatic nitrogens is 2. The summed E-state index contributed by atoms with van der Waals surface area (Å²) in [5.41, 5.74) is 0.441. The monoisotopic (exact) mass is 280 g/mol. The first kappa shape index (κ1) is 11.6. The van der Waals surface area contributed by atoms with E-state index in [1.54, 1.807) is 11.6 Å². The Kier molecular flexibility index (Phi) is 3.00. The molecule has 0 unspecified atom stereocenters. The van der Waals surface area contributed by atoms with Crippen molar-refractivity contribution in [1.29, 1.82) is 0 Å². The van der Waals surface area contributed by atoms with Gasteiger partial charge in [0.15, 0.2) is 10.3 Å². The molecule has 0 atom stereocenters. The van der Waals surface area contributed by atoms with Crippen molar-refractivity contribution in [2.75, 3.05) is 10.6 Å². The fraction of sp³-hybridized carbons (Fsp3) is 0.364. The number of anilines is 2. The number of thiazole rings is 2. The van der Waals surface area contributed by atoms with Gasteiger partial charge in [0, 0.05) is 22.5 Å². The van der Waals surface area contributed by atoms with Crippen LogP contribution in [0.25, 0.3) is 0 Å². The molecule has 1 aliphatic carbocycles. The van der Waals surface area contributed by atoms with Crippen molar-refractivity contribution in [1.82, 2.24) is 9.97 Å². The third-order valence-corrected chi connectivity index (χ3v) is 4.09. The lowest BCUT2D eigenvalue weighted by atomic mass is 10.5. The number of hydrogen-bond donors (Lipinski definition) is 2. The van der Waals surface area contributed by atoms with Gasteiger partial charge in [0.25, 0.3) is 5.91 Å². The van der Waals surface area contributed by atoms with E-state index in [4.69, 9.17) is 0 Å². The SMILES string of the molecule is Cc1cnc(NC(=O)c2csc(NC3CC3)n2)s1. The summed E-state index contributed by atoms with van der Waals surface area (Å²) in [6.07, 6.45) is 4.13. The van der Waals surface area contributed by atoms with Crippen LogP contribution in [0.2, 0.25) is 0 Å². The smallest absolute Gasteiger partial charge is 0.276 e. The molecule has 2 aromatic heterocycles. The van der Waals surface area contributed by atoms with Crippen LogP contribution in [0.1, 0.15) is 28.2 Å². The number of amides is 1. The van der Waals surface area contributed by atoms with Gasteiger partial charge in [-0.15, -0.1) is 22.7 Å². The van der Waals surface area contributed by atoms with E-state index < -0.39 is 0 Å². The van der Waals surface area contributed by atoms with Gasteiger partial charge in [0.2, 0.25) is 0 Å². The van der Waals surface area contributed by atoms with Crippen molar-refractivity contribution in [2.45, 2.75) is 25.8 Å². The lowest BCUT2D eigenvalue weighted by Crippen LogP contribution is -2.12.